The van der Waals surface area contributed by atoms with Crippen LogP contribution in [0.15, 0.2) is 22.7 Å². The van der Waals surface area contributed by atoms with Gasteiger partial charge in [0.25, 0.3) is 5.91 Å². The molecule has 1 aromatic carbocycles. The minimum absolute atomic E-state index is 0.0543. The third-order valence-corrected chi connectivity index (χ3v) is 4.03. The van der Waals surface area contributed by atoms with Crippen LogP contribution < -0.4 is 5.73 Å². The highest BCUT2D eigenvalue weighted by atomic mass is 79.9. The molecule has 0 radical (unpaired) electrons. The largest absolute Gasteiger partial charge is 0.398 e. The molecule has 18 heavy (non-hydrogen) atoms. The number of hydrogen-bond acceptors (Lipinski definition) is 4. The summed E-state index contributed by atoms with van der Waals surface area (Å²) < 4.78 is 22.8. The van der Waals surface area contributed by atoms with Gasteiger partial charge in [-0.05, 0) is 34.1 Å². The number of carbonyl (C=O) groups is 1. The molecule has 0 unspecified atom stereocenters. The zero-order chi connectivity index (χ0) is 13.9. The number of hydrogen-bond donors (Lipinski definition) is 1. The molecule has 0 bridgehead atoms. The Morgan fingerprint density at radius 3 is 2.56 bits per heavy atom. The smallest absolute Gasteiger partial charge is 0.253 e. The van der Waals surface area contributed by atoms with E-state index in [1.807, 2.05) is 0 Å². The van der Waals surface area contributed by atoms with E-state index in [4.69, 9.17) is 5.73 Å². The molecule has 0 aliphatic rings. The lowest BCUT2D eigenvalue weighted by Gasteiger charge is -2.17. The van der Waals surface area contributed by atoms with Crippen molar-refractivity contribution in [2.45, 2.75) is 0 Å². The maximum atomic E-state index is 12.0. The van der Waals surface area contributed by atoms with E-state index in [1.54, 1.807) is 25.2 Å². The second-order valence-corrected chi connectivity index (χ2v) is 7.21. The van der Waals surface area contributed by atoms with E-state index in [1.165, 1.54) is 4.90 Å². The first-order valence-electron chi connectivity index (χ1n) is 5.19. The molecule has 0 spiro atoms. The number of benzene rings is 1. The SMILES string of the molecule is CN(CCS(C)(=O)=O)C(=O)c1ccc(Br)c(N)c1. The maximum absolute atomic E-state index is 12.0. The number of nitrogens with zero attached hydrogens (tertiary/aromatic N) is 1. The maximum Gasteiger partial charge on any atom is 0.253 e. The average Bonchev–Trinajstić information content (AvgIpc) is 2.27. The quantitative estimate of drug-likeness (QED) is 0.837. The molecule has 1 aromatic rings. The Bertz CT molecular complexity index is 557. The minimum Gasteiger partial charge on any atom is -0.398 e. The molecule has 0 fully saturated rings. The van der Waals surface area contributed by atoms with E-state index in [9.17, 15) is 13.2 Å². The number of sulfone groups is 1. The molecule has 0 atom stereocenters. The van der Waals surface area contributed by atoms with Gasteiger partial charge in [0.05, 0.1) is 5.75 Å². The summed E-state index contributed by atoms with van der Waals surface area (Å²) in [4.78, 5) is 13.4. The lowest BCUT2D eigenvalue weighted by Crippen LogP contribution is -2.31. The summed E-state index contributed by atoms with van der Waals surface area (Å²) >= 11 is 3.24. The predicted octanol–water partition coefficient (Wildman–Crippen LogP) is 1.15. The second kappa shape index (κ2) is 5.71. The fourth-order valence-electron chi connectivity index (χ4n) is 1.30. The zero-order valence-corrected chi connectivity index (χ0v) is 12.6. The van der Waals surface area contributed by atoms with Crippen LogP contribution in [0.5, 0.6) is 0 Å². The summed E-state index contributed by atoms with van der Waals surface area (Å²) in [5, 5.41) is 0. The molecule has 100 valence electrons. The molecular weight excluding hydrogens is 320 g/mol. The lowest BCUT2D eigenvalue weighted by atomic mass is 10.2. The van der Waals surface area contributed by atoms with Crippen molar-refractivity contribution in [3.8, 4) is 0 Å². The minimum atomic E-state index is -3.08. The van der Waals surface area contributed by atoms with Gasteiger partial charge in [0.2, 0.25) is 0 Å². The molecule has 5 nitrogen and oxygen atoms in total. The molecule has 2 N–H and O–H groups in total. The van der Waals surface area contributed by atoms with Gasteiger partial charge in [-0.1, -0.05) is 0 Å². The molecule has 0 aliphatic carbocycles. The van der Waals surface area contributed by atoms with Gasteiger partial charge in [-0.25, -0.2) is 8.42 Å². The lowest BCUT2D eigenvalue weighted by molar-refractivity contribution is 0.0803. The highest BCUT2D eigenvalue weighted by Crippen LogP contribution is 2.20. The third-order valence-electron chi connectivity index (χ3n) is 2.39. The topological polar surface area (TPSA) is 80.5 Å². The van der Waals surface area contributed by atoms with Crippen molar-refractivity contribution in [3.63, 3.8) is 0 Å². The van der Waals surface area contributed by atoms with Crippen LogP contribution in [0.3, 0.4) is 0 Å². The molecule has 0 aliphatic heterocycles. The summed E-state index contributed by atoms with van der Waals surface area (Å²) in [5.41, 5.74) is 6.59. The van der Waals surface area contributed by atoms with Gasteiger partial charge in [-0.15, -0.1) is 0 Å². The summed E-state index contributed by atoms with van der Waals surface area (Å²) in [7, 11) is -1.51. The van der Waals surface area contributed by atoms with Crippen LogP contribution in [-0.4, -0.2) is 44.8 Å². The third kappa shape index (κ3) is 4.30. The monoisotopic (exact) mass is 334 g/mol. The Morgan fingerprint density at radius 1 is 1.44 bits per heavy atom. The van der Waals surface area contributed by atoms with Gasteiger partial charge in [-0.2, -0.15) is 0 Å². The van der Waals surface area contributed by atoms with Crippen LogP contribution in [0.4, 0.5) is 5.69 Å². The zero-order valence-electron chi connectivity index (χ0n) is 10.2. The van der Waals surface area contributed by atoms with E-state index < -0.39 is 9.84 Å². The van der Waals surface area contributed by atoms with E-state index in [0.29, 0.717) is 11.3 Å². The van der Waals surface area contributed by atoms with Crippen LogP contribution in [0.1, 0.15) is 10.4 Å². The van der Waals surface area contributed by atoms with Gasteiger partial charge in [-0.3, -0.25) is 4.79 Å². The fourth-order valence-corrected chi connectivity index (χ4v) is 2.15. The summed E-state index contributed by atoms with van der Waals surface area (Å²) in [6.07, 6.45) is 1.14. The van der Waals surface area contributed by atoms with Gasteiger partial charge < -0.3 is 10.6 Å². The standard InChI is InChI=1S/C11H15BrN2O3S/c1-14(5-6-18(2,16)17)11(15)8-3-4-9(12)10(13)7-8/h3-4,7H,5-6,13H2,1-2H3. The predicted molar refractivity (Wildman–Crippen MR) is 75.2 cm³/mol. The highest BCUT2D eigenvalue weighted by Gasteiger charge is 2.14. The van der Waals surface area contributed by atoms with Crippen LogP contribution in [-0.2, 0) is 9.84 Å². The van der Waals surface area contributed by atoms with E-state index in [2.05, 4.69) is 15.9 Å². The van der Waals surface area contributed by atoms with Crippen molar-refractivity contribution in [2.24, 2.45) is 0 Å². The summed E-state index contributed by atoms with van der Waals surface area (Å²) in [5.74, 6) is -0.306. The molecule has 0 saturated heterocycles. The van der Waals surface area contributed by atoms with Crippen molar-refractivity contribution in [2.75, 3.05) is 31.3 Å². The number of anilines is 1. The summed E-state index contributed by atoms with van der Waals surface area (Å²) in [6.45, 7) is 0.160. The number of nitrogen functional groups attached to an aromatic ring is 1. The molecular formula is C11H15BrN2O3S. The first-order valence-corrected chi connectivity index (χ1v) is 8.04. The van der Waals surface area contributed by atoms with Crippen LogP contribution >= 0.6 is 15.9 Å². The molecule has 0 saturated carbocycles. The Morgan fingerprint density at radius 2 is 2.06 bits per heavy atom. The Labute approximate surface area is 115 Å². The van der Waals surface area contributed by atoms with Gasteiger partial charge in [0.15, 0.2) is 0 Å². The second-order valence-electron chi connectivity index (χ2n) is 4.09. The average molecular weight is 335 g/mol. The van der Waals surface area contributed by atoms with Crippen molar-refractivity contribution in [3.05, 3.63) is 28.2 Å². The Kier molecular flexibility index (Phi) is 4.75. The van der Waals surface area contributed by atoms with Crippen molar-refractivity contribution in [1.29, 1.82) is 0 Å². The number of nitrogens with two attached hydrogens (primary N) is 1. The number of halogens is 1. The normalized spacial score (nSPS) is 11.3. The van der Waals surface area contributed by atoms with Crippen LogP contribution in [0, 0.1) is 0 Å². The van der Waals surface area contributed by atoms with E-state index in [-0.39, 0.29) is 18.2 Å². The molecule has 0 aromatic heterocycles. The van der Waals surface area contributed by atoms with Gasteiger partial charge >= 0.3 is 0 Å². The molecule has 7 heteroatoms. The Hall–Kier alpha value is -1.08. The number of rotatable bonds is 4. The van der Waals surface area contributed by atoms with Crippen LogP contribution in [0.25, 0.3) is 0 Å². The van der Waals surface area contributed by atoms with Crippen molar-refractivity contribution in [1.82, 2.24) is 4.90 Å². The highest BCUT2D eigenvalue weighted by molar-refractivity contribution is 9.10. The number of amides is 1. The Balaban J connectivity index is 2.77. The molecule has 1 rings (SSSR count). The molecule has 0 heterocycles. The van der Waals surface area contributed by atoms with Gasteiger partial charge in [0, 0.05) is 35.6 Å². The van der Waals surface area contributed by atoms with E-state index in [0.717, 1.165) is 10.7 Å². The fraction of sp³-hybridized carbons (Fsp3) is 0.364. The van der Waals surface area contributed by atoms with Crippen LogP contribution in [0.2, 0.25) is 0 Å². The number of carbonyl (C=O) groups excluding carboxylic acids is 1. The first-order chi connectivity index (χ1) is 8.20. The first kappa shape index (κ1) is 15.0. The van der Waals surface area contributed by atoms with Crippen molar-refractivity contribution >= 4 is 37.4 Å². The molecule has 1 amide bonds. The summed E-state index contributed by atoms with van der Waals surface area (Å²) in [6, 6.07) is 4.88. The van der Waals surface area contributed by atoms with Gasteiger partial charge in [0.1, 0.15) is 9.84 Å². The van der Waals surface area contributed by atoms with E-state index >= 15 is 0 Å². The van der Waals surface area contributed by atoms with Crippen molar-refractivity contribution < 1.29 is 13.2 Å².